The first-order valence-electron chi connectivity index (χ1n) is 6.74. The van der Waals surface area contributed by atoms with Crippen LogP contribution < -0.4 is 5.73 Å². The molecule has 0 amide bonds. The molecular formula is C16H28N2. The highest BCUT2D eigenvalue weighted by Crippen LogP contribution is 2.26. The van der Waals surface area contributed by atoms with Crippen molar-refractivity contribution >= 4 is 0 Å². The molecule has 0 spiro atoms. The highest BCUT2D eigenvalue weighted by molar-refractivity contribution is 5.32. The Kier molecular flexibility index (Phi) is 4.94. The summed E-state index contributed by atoms with van der Waals surface area (Å²) in [6, 6.07) is 7.11. The molecule has 0 aliphatic heterocycles. The summed E-state index contributed by atoms with van der Waals surface area (Å²) >= 11 is 0. The molecule has 0 bridgehead atoms. The first-order chi connectivity index (χ1) is 8.26. The molecular weight excluding hydrogens is 220 g/mol. The molecule has 1 unspecified atom stereocenters. The second-order valence-electron chi connectivity index (χ2n) is 6.32. The van der Waals surface area contributed by atoms with E-state index in [-0.39, 0.29) is 5.41 Å². The molecule has 0 aromatic heterocycles. The smallest absolute Gasteiger partial charge is 0.0319 e. The van der Waals surface area contributed by atoms with Crippen LogP contribution in [0.5, 0.6) is 0 Å². The number of nitrogens with zero attached hydrogens (tertiary/aromatic N) is 1. The van der Waals surface area contributed by atoms with Crippen LogP contribution in [0.25, 0.3) is 0 Å². The zero-order chi connectivity index (χ0) is 13.9. The molecule has 0 aliphatic rings. The summed E-state index contributed by atoms with van der Waals surface area (Å²) in [7, 11) is 2.18. The Morgan fingerprint density at radius 1 is 1.28 bits per heavy atom. The Bertz CT molecular complexity index is 396. The minimum Gasteiger partial charge on any atom is -0.330 e. The zero-order valence-corrected chi connectivity index (χ0v) is 12.7. The normalized spacial score (nSPS) is 14.0. The van der Waals surface area contributed by atoms with E-state index in [1.54, 1.807) is 0 Å². The predicted octanol–water partition coefficient (Wildman–Crippen LogP) is 3.28. The Labute approximate surface area is 112 Å². The number of hydrogen-bond donors (Lipinski definition) is 1. The highest BCUT2D eigenvalue weighted by atomic mass is 15.1. The van der Waals surface area contributed by atoms with Crippen LogP contribution in [0.2, 0.25) is 0 Å². The van der Waals surface area contributed by atoms with Crippen LogP contribution in [0.1, 0.15) is 43.5 Å². The van der Waals surface area contributed by atoms with E-state index in [0.29, 0.717) is 6.04 Å². The van der Waals surface area contributed by atoms with Gasteiger partial charge in [-0.05, 0) is 50.9 Å². The molecule has 1 atom stereocenters. The van der Waals surface area contributed by atoms with Crippen molar-refractivity contribution in [1.82, 2.24) is 4.90 Å². The van der Waals surface area contributed by atoms with Gasteiger partial charge in [-0.2, -0.15) is 0 Å². The maximum atomic E-state index is 5.82. The van der Waals surface area contributed by atoms with Gasteiger partial charge in [0, 0.05) is 12.6 Å². The molecule has 1 aromatic rings. The van der Waals surface area contributed by atoms with E-state index in [2.05, 4.69) is 64.8 Å². The van der Waals surface area contributed by atoms with Gasteiger partial charge in [0.15, 0.2) is 0 Å². The third kappa shape index (κ3) is 3.82. The minimum absolute atomic E-state index is 0.167. The molecule has 1 aromatic carbocycles. The maximum absolute atomic E-state index is 5.82. The summed E-state index contributed by atoms with van der Waals surface area (Å²) in [5.41, 5.74) is 10.1. The first-order valence-corrected chi connectivity index (χ1v) is 6.74. The van der Waals surface area contributed by atoms with Gasteiger partial charge in [-0.15, -0.1) is 0 Å². The summed E-state index contributed by atoms with van der Waals surface area (Å²) < 4.78 is 0. The molecule has 0 saturated heterocycles. The molecule has 0 saturated carbocycles. The van der Waals surface area contributed by atoms with E-state index in [4.69, 9.17) is 5.73 Å². The minimum atomic E-state index is 0.167. The number of nitrogens with two attached hydrogens (primary N) is 1. The van der Waals surface area contributed by atoms with Crippen LogP contribution in [-0.4, -0.2) is 25.0 Å². The lowest BCUT2D eigenvalue weighted by atomic mass is 9.91. The lowest BCUT2D eigenvalue weighted by Crippen LogP contribution is -2.38. The van der Waals surface area contributed by atoms with Crippen molar-refractivity contribution in [3.05, 3.63) is 34.9 Å². The fourth-order valence-electron chi connectivity index (χ4n) is 2.32. The van der Waals surface area contributed by atoms with Gasteiger partial charge in [-0.25, -0.2) is 0 Å². The maximum Gasteiger partial charge on any atom is 0.0319 e. The van der Waals surface area contributed by atoms with Crippen molar-refractivity contribution in [3.63, 3.8) is 0 Å². The van der Waals surface area contributed by atoms with E-state index in [1.807, 2.05) is 0 Å². The average molecular weight is 248 g/mol. The fraction of sp³-hybridized carbons (Fsp3) is 0.625. The Morgan fingerprint density at radius 2 is 1.89 bits per heavy atom. The van der Waals surface area contributed by atoms with Gasteiger partial charge in [0.2, 0.25) is 0 Å². The highest BCUT2D eigenvalue weighted by Gasteiger charge is 2.22. The van der Waals surface area contributed by atoms with Crippen molar-refractivity contribution in [2.24, 2.45) is 11.1 Å². The van der Waals surface area contributed by atoms with Crippen molar-refractivity contribution in [1.29, 1.82) is 0 Å². The Morgan fingerprint density at radius 3 is 2.44 bits per heavy atom. The predicted molar refractivity (Wildman–Crippen MR) is 79.8 cm³/mol. The fourth-order valence-corrected chi connectivity index (χ4v) is 2.32. The molecule has 2 nitrogen and oxygen atoms in total. The molecule has 0 radical (unpaired) electrons. The molecule has 0 heterocycles. The molecule has 0 aliphatic carbocycles. The average Bonchev–Trinajstić information content (AvgIpc) is 2.31. The molecule has 1 rings (SSSR count). The van der Waals surface area contributed by atoms with Crippen LogP contribution in [-0.2, 0) is 0 Å². The van der Waals surface area contributed by atoms with Crippen molar-refractivity contribution in [2.75, 3.05) is 20.1 Å². The van der Waals surface area contributed by atoms with Crippen molar-refractivity contribution in [3.8, 4) is 0 Å². The topological polar surface area (TPSA) is 29.3 Å². The van der Waals surface area contributed by atoms with E-state index in [1.165, 1.54) is 16.7 Å². The van der Waals surface area contributed by atoms with E-state index >= 15 is 0 Å². The molecule has 0 fully saturated rings. The van der Waals surface area contributed by atoms with E-state index < -0.39 is 0 Å². The van der Waals surface area contributed by atoms with Gasteiger partial charge in [0.25, 0.3) is 0 Å². The third-order valence-electron chi connectivity index (χ3n) is 3.78. The molecule has 2 heteroatoms. The second-order valence-corrected chi connectivity index (χ2v) is 6.32. The summed E-state index contributed by atoms with van der Waals surface area (Å²) in [4.78, 5) is 2.40. The Balaban J connectivity index is 2.86. The van der Waals surface area contributed by atoms with Gasteiger partial charge in [0.1, 0.15) is 0 Å². The van der Waals surface area contributed by atoms with Crippen LogP contribution >= 0.6 is 0 Å². The number of aryl methyl sites for hydroxylation is 2. The van der Waals surface area contributed by atoms with Crippen molar-refractivity contribution in [2.45, 2.75) is 40.7 Å². The van der Waals surface area contributed by atoms with Crippen LogP contribution in [0.4, 0.5) is 0 Å². The van der Waals surface area contributed by atoms with Crippen LogP contribution in [0.15, 0.2) is 18.2 Å². The Hall–Kier alpha value is -0.860. The van der Waals surface area contributed by atoms with Crippen LogP contribution in [0, 0.1) is 19.3 Å². The molecule has 102 valence electrons. The van der Waals surface area contributed by atoms with Gasteiger partial charge in [-0.3, -0.25) is 4.90 Å². The zero-order valence-electron chi connectivity index (χ0n) is 12.7. The monoisotopic (exact) mass is 248 g/mol. The lowest BCUT2D eigenvalue weighted by molar-refractivity contribution is 0.174. The van der Waals surface area contributed by atoms with Crippen LogP contribution in [0.3, 0.4) is 0 Å². The molecule has 2 N–H and O–H groups in total. The first kappa shape index (κ1) is 15.2. The van der Waals surface area contributed by atoms with E-state index in [9.17, 15) is 0 Å². The van der Waals surface area contributed by atoms with Gasteiger partial charge < -0.3 is 5.73 Å². The van der Waals surface area contributed by atoms with Gasteiger partial charge >= 0.3 is 0 Å². The van der Waals surface area contributed by atoms with E-state index in [0.717, 1.165) is 13.1 Å². The number of hydrogen-bond acceptors (Lipinski definition) is 2. The molecule has 18 heavy (non-hydrogen) atoms. The van der Waals surface area contributed by atoms with Gasteiger partial charge in [0.05, 0.1) is 0 Å². The standard InChI is InChI=1S/C16H28N2/c1-12-7-8-13(2)15(9-12)14(3)18(6)11-16(4,5)10-17/h7-9,14H,10-11,17H2,1-6H3. The lowest BCUT2D eigenvalue weighted by Gasteiger charge is -2.34. The summed E-state index contributed by atoms with van der Waals surface area (Å²) in [5, 5.41) is 0. The summed E-state index contributed by atoms with van der Waals surface area (Å²) in [6.07, 6.45) is 0. The van der Waals surface area contributed by atoms with Crippen molar-refractivity contribution < 1.29 is 0 Å². The number of benzene rings is 1. The largest absolute Gasteiger partial charge is 0.330 e. The van der Waals surface area contributed by atoms with Gasteiger partial charge in [-0.1, -0.05) is 37.6 Å². The quantitative estimate of drug-likeness (QED) is 0.866. The summed E-state index contributed by atoms with van der Waals surface area (Å²) in [5.74, 6) is 0. The summed E-state index contributed by atoms with van der Waals surface area (Å²) in [6.45, 7) is 12.8. The second kappa shape index (κ2) is 5.85. The number of rotatable bonds is 5. The SMILES string of the molecule is Cc1ccc(C)c(C(C)N(C)CC(C)(C)CN)c1. The third-order valence-corrected chi connectivity index (χ3v) is 3.78.